The van der Waals surface area contributed by atoms with Crippen LogP contribution in [0.15, 0.2) is 18.3 Å². The molecule has 0 atom stereocenters. The second-order valence-electron chi connectivity index (χ2n) is 4.08. The molecule has 2 aromatic heterocycles. The molecule has 0 saturated heterocycles. The molecule has 2 aromatic rings. The predicted octanol–water partition coefficient (Wildman–Crippen LogP) is 1.56. The molecule has 96 valence electrons. The summed E-state index contributed by atoms with van der Waals surface area (Å²) in [6, 6.07) is 3.90. The lowest BCUT2D eigenvalue weighted by molar-refractivity contribution is 0.747. The lowest BCUT2D eigenvalue weighted by Crippen LogP contribution is -2.08. The molecule has 0 aliphatic heterocycles. The molecule has 2 heterocycles. The van der Waals surface area contributed by atoms with Gasteiger partial charge in [0.15, 0.2) is 0 Å². The third-order valence-corrected chi connectivity index (χ3v) is 2.41. The topological polar surface area (TPSA) is 67.7 Å². The summed E-state index contributed by atoms with van der Waals surface area (Å²) in [5.41, 5.74) is 1.92. The smallest absolute Gasteiger partial charge is 0.224 e. The molecule has 0 spiro atoms. The quantitative estimate of drug-likeness (QED) is 0.838. The molecular formula is C12H18N6. The van der Waals surface area contributed by atoms with Gasteiger partial charge in [-0.05, 0) is 19.9 Å². The number of hydrogen-bond donors (Lipinski definition) is 2. The van der Waals surface area contributed by atoms with Crippen LogP contribution in [0.3, 0.4) is 0 Å². The molecule has 0 saturated carbocycles. The zero-order valence-electron chi connectivity index (χ0n) is 10.9. The summed E-state index contributed by atoms with van der Waals surface area (Å²) in [6.45, 7) is 5.44. The van der Waals surface area contributed by atoms with Gasteiger partial charge in [-0.3, -0.25) is 4.68 Å². The van der Waals surface area contributed by atoms with Gasteiger partial charge in [-0.15, -0.1) is 0 Å². The number of nitrogens with zero attached hydrogens (tertiary/aromatic N) is 4. The number of aromatic nitrogens is 4. The third-order valence-electron chi connectivity index (χ3n) is 2.41. The summed E-state index contributed by atoms with van der Waals surface area (Å²) < 4.78 is 1.78. The summed E-state index contributed by atoms with van der Waals surface area (Å²) in [7, 11) is 1.90. The lowest BCUT2D eigenvalue weighted by Gasteiger charge is -2.07. The first-order chi connectivity index (χ1) is 8.67. The van der Waals surface area contributed by atoms with Crippen molar-refractivity contribution in [1.29, 1.82) is 0 Å². The van der Waals surface area contributed by atoms with E-state index >= 15 is 0 Å². The van der Waals surface area contributed by atoms with Crippen LogP contribution >= 0.6 is 0 Å². The van der Waals surface area contributed by atoms with Gasteiger partial charge >= 0.3 is 0 Å². The zero-order chi connectivity index (χ0) is 13.0. The van der Waals surface area contributed by atoms with E-state index in [2.05, 4.69) is 25.7 Å². The molecule has 6 nitrogen and oxygen atoms in total. The van der Waals surface area contributed by atoms with Crippen molar-refractivity contribution in [1.82, 2.24) is 19.7 Å². The summed E-state index contributed by atoms with van der Waals surface area (Å²) in [5.74, 6) is 1.46. The maximum Gasteiger partial charge on any atom is 0.224 e. The number of rotatable bonds is 5. The number of aryl methyl sites for hydroxylation is 2. The highest BCUT2D eigenvalue weighted by Gasteiger charge is 2.02. The van der Waals surface area contributed by atoms with Crippen LogP contribution in [-0.2, 0) is 13.6 Å². The standard InChI is InChI=1S/C12H18N6/c1-4-13-12-15-9(2)7-11(16-12)14-8-10-5-6-18(3)17-10/h5-7H,4,8H2,1-3H3,(H2,13,14,15,16). The summed E-state index contributed by atoms with van der Waals surface area (Å²) >= 11 is 0. The average Bonchev–Trinajstić information content (AvgIpc) is 2.72. The Balaban J connectivity index is 2.04. The van der Waals surface area contributed by atoms with E-state index in [4.69, 9.17) is 0 Å². The molecule has 0 aromatic carbocycles. The fourth-order valence-electron chi connectivity index (χ4n) is 1.63. The normalized spacial score (nSPS) is 10.4. The molecule has 18 heavy (non-hydrogen) atoms. The van der Waals surface area contributed by atoms with Crippen LogP contribution in [0, 0.1) is 6.92 Å². The van der Waals surface area contributed by atoms with Gasteiger partial charge in [-0.1, -0.05) is 0 Å². The Bertz CT molecular complexity index is 519. The van der Waals surface area contributed by atoms with Crippen molar-refractivity contribution >= 4 is 11.8 Å². The maximum atomic E-state index is 4.38. The van der Waals surface area contributed by atoms with Gasteiger partial charge < -0.3 is 10.6 Å². The Morgan fingerprint density at radius 1 is 1.28 bits per heavy atom. The average molecular weight is 246 g/mol. The van der Waals surface area contributed by atoms with Gasteiger partial charge in [-0.25, -0.2) is 4.98 Å². The van der Waals surface area contributed by atoms with Gasteiger partial charge in [0.2, 0.25) is 5.95 Å². The predicted molar refractivity (Wildman–Crippen MR) is 71.5 cm³/mol. The van der Waals surface area contributed by atoms with Crippen molar-refractivity contribution in [3.8, 4) is 0 Å². The Labute approximate surface area is 106 Å². The Kier molecular flexibility index (Phi) is 3.76. The fourth-order valence-corrected chi connectivity index (χ4v) is 1.63. The molecule has 0 unspecified atom stereocenters. The highest BCUT2D eigenvalue weighted by molar-refractivity contribution is 5.42. The lowest BCUT2D eigenvalue weighted by atomic mass is 10.4. The van der Waals surface area contributed by atoms with E-state index < -0.39 is 0 Å². The van der Waals surface area contributed by atoms with Gasteiger partial charge in [-0.2, -0.15) is 10.1 Å². The van der Waals surface area contributed by atoms with Gasteiger partial charge in [0.05, 0.1) is 12.2 Å². The SMILES string of the molecule is CCNc1nc(C)cc(NCc2ccn(C)n2)n1. The van der Waals surface area contributed by atoms with E-state index in [9.17, 15) is 0 Å². The van der Waals surface area contributed by atoms with E-state index in [1.165, 1.54) is 0 Å². The monoisotopic (exact) mass is 246 g/mol. The van der Waals surface area contributed by atoms with E-state index in [1.807, 2.05) is 39.2 Å². The van der Waals surface area contributed by atoms with Crippen molar-refractivity contribution in [3.05, 3.63) is 29.7 Å². The minimum atomic E-state index is 0.654. The van der Waals surface area contributed by atoms with E-state index in [0.717, 1.165) is 23.8 Å². The molecule has 0 aliphatic rings. The van der Waals surface area contributed by atoms with E-state index in [1.54, 1.807) is 4.68 Å². The fraction of sp³-hybridized carbons (Fsp3) is 0.417. The van der Waals surface area contributed by atoms with Crippen LogP contribution in [0.25, 0.3) is 0 Å². The van der Waals surface area contributed by atoms with Crippen molar-refractivity contribution in [2.45, 2.75) is 20.4 Å². The minimum absolute atomic E-state index is 0.654. The van der Waals surface area contributed by atoms with Crippen LogP contribution in [-0.4, -0.2) is 26.3 Å². The molecule has 2 N–H and O–H groups in total. The van der Waals surface area contributed by atoms with Gasteiger partial charge in [0.1, 0.15) is 5.82 Å². The zero-order valence-corrected chi connectivity index (χ0v) is 10.9. The van der Waals surface area contributed by atoms with Gasteiger partial charge in [0.25, 0.3) is 0 Å². The first-order valence-corrected chi connectivity index (χ1v) is 5.99. The molecule has 6 heteroatoms. The van der Waals surface area contributed by atoms with Crippen molar-refractivity contribution < 1.29 is 0 Å². The Morgan fingerprint density at radius 3 is 2.78 bits per heavy atom. The van der Waals surface area contributed by atoms with Crippen molar-refractivity contribution in [2.75, 3.05) is 17.2 Å². The number of nitrogens with one attached hydrogen (secondary N) is 2. The maximum absolute atomic E-state index is 4.38. The van der Waals surface area contributed by atoms with Crippen LogP contribution in [0.2, 0.25) is 0 Å². The van der Waals surface area contributed by atoms with Crippen LogP contribution in [0.4, 0.5) is 11.8 Å². The van der Waals surface area contributed by atoms with Crippen LogP contribution < -0.4 is 10.6 Å². The first-order valence-electron chi connectivity index (χ1n) is 5.99. The molecule has 0 aliphatic carbocycles. The third kappa shape index (κ3) is 3.19. The van der Waals surface area contributed by atoms with Crippen LogP contribution in [0.1, 0.15) is 18.3 Å². The summed E-state index contributed by atoms with van der Waals surface area (Å²) in [6.07, 6.45) is 1.92. The molecule has 0 bridgehead atoms. The van der Waals surface area contributed by atoms with Crippen molar-refractivity contribution in [3.63, 3.8) is 0 Å². The first kappa shape index (κ1) is 12.3. The van der Waals surface area contributed by atoms with Crippen LogP contribution in [0.5, 0.6) is 0 Å². The van der Waals surface area contributed by atoms with E-state index in [0.29, 0.717) is 12.5 Å². The Morgan fingerprint density at radius 2 is 2.11 bits per heavy atom. The highest BCUT2D eigenvalue weighted by atomic mass is 15.3. The molecule has 0 fully saturated rings. The second kappa shape index (κ2) is 5.48. The number of hydrogen-bond acceptors (Lipinski definition) is 5. The second-order valence-corrected chi connectivity index (χ2v) is 4.08. The largest absolute Gasteiger partial charge is 0.364 e. The summed E-state index contributed by atoms with van der Waals surface area (Å²) in [5, 5.41) is 10.7. The molecular weight excluding hydrogens is 228 g/mol. The highest BCUT2D eigenvalue weighted by Crippen LogP contribution is 2.10. The summed E-state index contributed by atoms with van der Waals surface area (Å²) in [4.78, 5) is 8.68. The van der Waals surface area contributed by atoms with E-state index in [-0.39, 0.29) is 0 Å². The Hall–Kier alpha value is -2.11. The van der Waals surface area contributed by atoms with Crippen molar-refractivity contribution in [2.24, 2.45) is 7.05 Å². The molecule has 2 rings (SSSR count). The minimum Gasteiger partial charge on any atom is -0.364 e. The van der Waals surface area contributed by atoms with Gasteiger partial charge in [0, 0.05) is 31.5 Å². The number of anilines is 2. The molecule has 0 amide bonds. The molecule has 0 radical (unpaired) electrons.